The molecule has 4 rings (SSSR count). The highest BCUT2D eigenvalue weighted by atomic mass is 16.7. The summed E-state index contributed by atoms with van der Waals surface area (Å²) in [6.07, 6.45) is 1.53. The minimum atomic E-state index is -0.709. The van der Waals surface area contributed by atoms with Crippen molar-refractivity contribution in [3.63, 3.8) is 0 Å². The smallest absolute Gasteiger partial charge is 0.252 e. The lowest BCUT2D eigenvalue weighted by Crippen LogP contribution is -2.47. The minimum absolute atomic E-state index is 0.0767. The van der Waals surface area contributed by atoms with E-state index in [1.54, 1.807) is 12.1 Å². The van der Waals surface area contributed by atoms with E-state index < -0.39 is 6.04 Å². The van der Waals surface area contributed by atoms with E-state index in [1.807, 2.05) is 53.4 Å². The molecule has 0 saturated carbocycles. The number of ether oxygens (including phenoxy) is 2. The average molecular weight is 394 g/mol. The van der Waals surface area contributed by atoms with Gasteiger partial charge in [0.05, 0.1) is 13.2 Å². The Morgan fingerprint density at radius 1 is 0.897 bits per heavy atom. The fourth-order valence-corrected chi connectivity index (χ4v) is 3.96. The van der Waals surface area contributed by atoms with Crippen LogP contribution in [0.2, 0.25) is 0 Å². The molecule has 2 aliphatic rings. The summed E-state index contributed by atoms with van der Waals surface area (Å²) in [5.74, 6) is -0.0155. The number of nitrogens with one attached hydrogen (secondary N) is 1. The predicted molar refractivity (Wildman–Crippen MR) is 108 cm³/mol. The Bertz CT molecular complexity index is 813. The molecule has 2 aromatic rings. The molecule has 1 N–H and O–H groups in total. The van der Waals surface area contributed by atoms with Crippen LogP contribution in [0.3, 0.4) is 0 Å². The highest BCUT2D eigenvalue weighted by Gasteiger charge is 2.34. The number of carbonyl (C=O) groups is 2. The molecule has 6 nitrogen and oxygen atoms in total. The summed E-state index contributed by atoms with van der Waals surface area (Å²) >= 11 is 0. The first kappa shape index (κ1) is 19.6. The lowest BCUT2D eigenvalue weighted by molar-refractivity contribution is -0.139. The normalized spacial score (nSPS) is 19.1. The molecule has 0 spiro atoms. The van der Waals surface area contributed by atoms with Crippen LogP contribution in [-0.4, -0.2) is 49.3 Å². The van der Waals surface area contributed by atoms with Gasteiger partial charge < -0.3 is 19.7 Å². The van der Waals surface area contributed by atoms with Crippen molar-refractivity contribution in [2.75, 3.05) is 26.3 Å². The Labute approximate surface area is 170 Å². The van der Waals surface area contributed by atoms with Crippen molar-refractivity contribution < 1.29 is 19.1 Å². The van der Waals surface area contributed by atoms with Gasteiger partial charge in [-0.2, -0.15) is 0 Å². The zero-order valence-electron chi connectivity index (χ0n) is 16.3. The Morgan fingerprint density at radius 3 is 2.10 bits per heavy atom. The van der Waals surface area contributed by atoms with Gasteiger partial charge in [-0.1, -0.05) is 48.5 Å². The van der Waals surface area contributed by atoms with Gasteiger partial charge in [0.25, 0.3) is 5.91 Å². The lowest BCUT2D eigenvalue weighted by atomic mass is 9.95. The van der Waals surface area contributed by atoms with Crippen LogP contribution in [0, 0.1) is 5.92 Å². The molecule has 0 aromatic heterocycles. The van der Waals surface area contributed by atoms with E-state index in [4.69, 9.17) is 9.47 Å². The quantitative estimate of drug-likeness (QED) is 0.847. The molecule has 1 unspecified atom stereocenters. The topological polar surface area (TPSA) is 67.9 Å². The van der Waals surface area contributed by atoms with Crippen LogP contribution in [-0.2, 0) is 14.3 Å². The maximum atomic E-state index is 13.3. The van der Waals surface area contributed by atoms with Crippen molar-refractivity contribution in [2.45, 2.75) is 25.2 Å². The van der Waals surface area contributed by atoms with E-state index in [0.717, 1.165) is 18.4 Å². The molecule has 0 radical (unpaired) electrons. The van der Waals surface area contributed by atoms with Gasteiger partial charge in [-0.25, -0.2) is 0 Å². The first-order chi connectivity index (χ1) is 14.2. The molecule has 2 fully saturated rings. The molecule has 1 atom stereocenters. The maximum Gasteiger partial charge on any atom is 0.252 e. The number of benzene rings is 2. The van der Waals surface area contributed by atoms with E-state index >= 15 is 0 Å². The summed E-state index contributed by atoms with van der Waals surface area (Å²) < 4.78 is 11.2. The van der Waals surface area contributed by atoms with Gasteiger partial charge in [0.2, 0.25) is 5.91 Å². The highest BCUT2D eigenvalue weighted by molar-refractivity contribution is 5.97. The summed E-state index contributed by atoms with van der Waals surface area (Å²) in [5, 5.41) is 2.93. The van der Waals surface area contributed by atoms with E-state index in [1.165, 1.54) is 0 Å². The number of hydrogen-bond acceptors (Lipinski definition) is 4. The van der Waals surface area contributed by atoms with E-state index in [9.17, 15) is 9.59 Å². The molecule has 2 amide bonds. The van der Waals surface area contributed by atoms with Gasteiger partial charge in [-0.3, -0.25) is 9.59 Å². The Kier molecular flexibility index (Phi) is 6.22. The van der Waals surface area contributed by atoms with Gasteiger partial charge in [0.1, 0.15) is 6.04 Å². The molecule has 0 bridgehead atoms. The van der Waals surface area contributed by atoms with Crippen LogP contribution in [0.25, 0.3) is 0 Å². The SMILES string of the molecule is O=C(NC(C(=O)N1CCC(C2OCCO2)CC1)c1ccccc1)c1ccccc1. The van der Waals surface area contributed by atoms with Crippen LogP contribution < -0.4 is 5.32 Å². The standard InChI is InChI=1S/C23H26N2O4/c26-21(18-9-5-2-6-10-18)24-20(17-7-3-1-4-8-17)22(27)25-13-11-19(12-14-25)23-28-15-16-29-23/h1-10,19-20,23H,11-16H2,(H,24,26). The highest BCUT2D eigenvalue weighted by Crippen LogP contribution is 2.27. The predicted octanol–water partition coefficient (Wildman–Crippen LogP) is 2.77. The first-order valence-electron chi connectivity index (χ1n) is 10.2. The molecule has 2 aliphatic heterocycles. The van der Waals surface area contributed by atoms with Crippen molar-refractivity contribution in [1.29, 1.82) is 0 Å². The summed E-state index contributed by atoms with van der Waals surface area (Å²) in [5.41, 5.74) is 1.32. The molecular formula is C23H26N2O4. The number of amides is 2. The van der Waals surface area contributed by atoms with Crippen LogP contribution in [0.15, 0.2) is 60.7 Å². The summed E-state index contributed by atoms with van der Waals surface area (Å²) in [6, 6.07) is 17.7. The monoisotopic (exact) mass is 394 g/mol. The van der Waals surface area contributed by atoms with Crippen LogP contribution >= 0.6 is 0 Å². The van der Waals surface area contributed by atoms with Crippen LogP contribution in [0.4, 0.5) is 0 Å². The molecule has 29 heavy (non-hydrogen) atoms. The average Bonchev–Trinajstić information content (AvgIpc) is 3.33. The number of piperidine rings is 1. The fourth-order valence-electron chi connectivity index (χ4n) is 3.96. The van der Waals surface area contributed by atoms with E-state index in [-0.39, 0.29) is 18.1 Å². The zero-order chi connectivity index (χ0) is 20.1. The van der Waals surface area contributed by atoms with E-state index in [0.29, 0.717) is 37.8 Å². The summed E-state index contributed by atoms with van der Waals surface area (Å²) in [4.78, 5) is 27.9. The number of hydrogen-bond donors (Lipinski definition) is 1. The molecule has 2 heterocycles. The summed E-state index contributed by atoms with van der Waals surface area (Å²) in [7, 11) is 0. The van der Waals surface area contributed by atoms with Gasteiger partial charge in [-0.15, -0.1) is 0 Å². The molecule has 2 saturated heterocycles. The van der Waals surface area contributed by atoms with E-state index in [2.05, 4.69) is 5.32 Å². The van der Waals surface area contributed by atoms with Gasteiger partial charge >= 0.3 is 0 Å². The van der Waals surface area contributed by atoms with Gasteiger partial charge in [0.15, 0.2) is 6.29 Å². The fraction of sp³-hybridized carbons (Fsp3) is 0.391. The molecule has 2 aromatic carbocycles. The second-order valence-corrected chi connectivity index (χ2v) is 7.46. The van der Waals surface area contributed by atoms with Crippen molar-refractivity contribution >= 4 is 11.8 Å². The number of rotatable bonds is 5. The lowest BCUT2D eigenvalue weighted by Gasteiger charge is -2.35. The van der Waals surface area contributed by atoms with Gasteiger partial charge in [-0.05, 0) is 30.5 Å². The molecule has 0 aliphatic carbocycles. The van der Waals surface area contributed by atoms with Crippen LogP contribution in [0.5, 0.6) is 0 Å². The van der Waals surface area contributed by atoms with Crippen molar-refractivity contribution in [2.24, 2.45) is 5.92 Å². The molecule has 152 valence electrons. The Hall–Kier alpha value is -2.70. The van der Waals surface area contributed by atoms with Gasteiger partial charge in [0, 0.05) is 24.6 Å². The summed E-state index contributed by atoms with van der Waals surface area (Å²) in [6.45, 7) is 2.56. The third-order valence-corrected chi connectivity index (χ3v) is 5.58. The largest absolute Gasteiger partial charge is 0.350 e. The van der Waals surface area contributed by atoms with Crippen molar-refractivity contribution in [1.82, 2.24) is 10.2 Å². The molecular weight excluding hydrogens is 368 g/mol. The third-order valence-electron chi connectivity index (χ3n) is 5.58. The van der Waals surface area contributed by atoms with Crippen molar-refractivity contribution in [3.05, 3.63) is 71.8 Å². The zero-order valence-corrected chi connectivity index (χ0v) is 16.3. The third kappa shape index (κ3) is 4.66. The number of nitrogens with zero attached hydrogens (tertiary/aromatic N) is 1. The Balaban J connectivity index is 1.46. The van der Waals surface area contributed by atoms with Crippen molar-refractivity contribution in [3.8, 4) is 0 Å². The molecule has 6 heteroatoms. The Morgan fingerprint density at radius 2 is 1.48 bits per heavy atom. The second-order valence-electron chi connectivity index (χ2n) is 7.46. The second kappa shape index (κ2) is 9.20. The minimum Gasteiger partial charge on any atom is -0.350 e. The van der Waals surface area contributed by atoms with Crippen LogP contribution in [0.1, 0.15) is 34.8 Å². The number of carbonyl (C=O) groups excluding carboxylic acids is 2. The maximum absolute atomic E-state index is 13.3. The first-order valence-corrected chi connectivity index (χ1v) is 10.2. The number of likely N-dealkylation sites (tertiary alicyclic amines) is 1.